The molecule has 0 heterocycles. The monoisotopic (exact) mass is 348 g/mol. The van der Waals surface area contributed by atoms with E-state index in [1.165, 1.54) is 18.2 Å². The molecule has 1 aromatic rings. The molecule has 4 nitrogen and oxygen atoms in total. The predicted octanol–water partition coefficient (Wildman–Crippen LogP) is 2.95. The summed E-state index contributed by atoms with van der Waals surface area (Å²) in [5.41, 5.74) is 6.29. The lowest BCUT2D eigenvalue weighted by Crippen LogP contribution is -2.49. The van der Waals surface area contributed by atoms with Crippen molar-refractivity contribution in [3.63, 3.8) is 0 Å². The molecule has 1 aliphatic carbocycles. The Balaban J connectivity index is 1.97. The van der Waals surface area contributed by atoms with E-state index in [-0.39, 0.29) is 17.3 Å². The quantitative estimate of drug-likeness (QED) is 0.803. The number of benzene rings is 1. The second-order valence-corrected chi connectivity index (χ2v) is 8.32. The molecule has 124 valence electrons. The lowest BCUT2D eigenvalue weighted by atomic mass is 9.92. The van der Waals surface area contributed by atoms with Gasteiger partial charge in [-0.15, -0.1) is 0 Å². The third-order valence-corrected chi connectivity index (χ3v) is 5.67. The summed E-state index contributed by atoms with van der Waals surface area (Å²) >= 11 is 5.67. The van der Waals surface area contributed by atoms with Crippen LogP contribution in [0, 0.1) is 5.82 Å². The van der Waals surface area contributed by atoms with Gasteiger partial charge in [0.05, 0.1) is 10.8 Å². The molecule has 0 saturated heterocycles. The van der Waals surface area contributed by atoms with Crippen LogP contribution in [0.15, 0.2) is 18.2 Å². The predicted molar refractivity (Wildman–Crippen MR) is 86.7 cm³/mol. The van der Waals surface area contributed by atoms with E-state index in [9.17, 15) is 12.8 Å². The van der Waals surface area contributed by atoms with Crippen molar-refractivity contribution in [1.29, 1.82) is 0 Å². The third kappa shape index (κ3) is 5.19. The van der Waals surface area contributed by atoms with Crippen molar-refractivity contribution in [2.45, 2.75) is 49.8 Å². The topological polar surface area (TPSA) is 72.2 Å². The van der Waals surface area contributed by atoms with E-state index >= 15 is 0 Å². The lowest BCUT2D eigenvalue weighted by Gasteiger charge is -2.28. The maximum Gasteiger partial charge on any atom is 0.215 e. The molecule has 2 rings (SSSR count). The molecule has 0 spiro atoms. The van der Waals surface area contributed by atoms with Crippen LogP contribution in [0.1, 0.15) is 44.1 Å². The van der Waals surface area contributed by atoms with Crippen molar-refractivity contribution < 1.29 is 12.8 Å². The number of nitrogens with two attached hydrogens (primary N) is 1. The summed E-state index contributed by atoms with van der Waals surface area (Å²) < 4.78 is 40.0. The summed E-state index contributed by atoms with van der Waals surface area (Å²) in [7, 11) is -3.52. The highest BCUT2D eigenvalue weighted by molar-refractivity contribution is 7.88. The van der Waals surface area contributed by atoms with Crippen molar-refractivity contribution in [2.24, 2.45) is 5.73 Å². The highest BCUT2D eigenvalue weighted by Gasteiger charge is 2.28. The Bertz CT molecular complexity index is 614. The van der Waals surface area contributed by atoms with Crippen LogP contribution in [-0.2, 0) is 15.8 Å². The van der Waals surface area contributed by atoms with Crippen LogP contribution >= 0.6 is 11.6 Å². The van der Waals surface area contributed by atoms with Crippen LogP contribution < -0.4 is 10.5 Å². The van der Waals surface area contributed by atoms with Crippen LogP contribution in [0.3, 0.4) is 0 Å². The molecule has 3 N–H and O–H groups in total. The van der Waals surface area contributed by atoms with Gasteiger partial charge in [-0.25, -0.2) is 17.5 Å². The highest BCUT2D eigenvalue weighted by Crippen LogP contribution is 2.24. The zero-order valence-electron chi connectivity index (χ0n) is 12.4. The van der Waals surface area contributed by atoms with Gasteiger partial charge in [0.25, 0.3) is 0 Å². The van der Waals surface area contributed by atoms with E-state index in [4.69, 9.17) is 17.3 Å². The maximum atomic E-state index is 13.1. The van der Waals surface area contributed by atoms with E-state index in [0.29, 0.717) is 5.56 Å². The molecule has 7 heteroatoms. The fourth-order valence-corrected chi connectivity index (χ4v) is 4.19. The summed E-state index contributed by atoms with van der Waals surface area (Å²) in [6, 6.07) is 3.92. The average Bonchev–Trinajstić information content (AvgIpc) is 2.66. The molecule has 0 atom stereocenters. The zero-order chi connectivity index (χ0) is 16.2. The van der Waals surface area contributed by atoms with Gasteiger partial charge in [-0.3, -0.25) is 0 Å². The summed E-state index contributed by atoms with van der Waals surface area (Å²) in [6.45, 7) is 0.240. The van der Waals surface area contributed by atoms with Gasteiger partial charge in [0.1, 0.15) is 5.82 Å². The number of hydrogen-bond donors (Lipinski definition) is 2. The largest absolute Gasteiger partial charge is 0.324 e. The first kappa shape index (κ1) is 17.7. The fourth-order valence-electron chi connectivity index (χ4n) is 2.76. The van der Waals surface area contributed by atoms with Crippen LogP contribution in [0.2, 0.25) is 5.02 Å². The van der Waals surface area contributed by atoms with E-state index in [1.807, 2.05) is 0 Å². The molecule has 1 saturated carbocycles. The smallest absolute Gasteiger partial charge is 0.215 e. The molecule has 0 aromatic heterocycles. The fraction of sp³-hybridized carbons (Fsp3) is 0.600. The molecule has 22 heavy (non-hydrogen) atoms. The molecule has 1 fully saturated rings. The van der Waals surface area contributed by atoms with Gasteiger partial charge in [-0.2, -0.15) is 0 Å². The Kier molecular flexibility index (Phi) is 5.82. The van der Waals surface area contributed by atoms with Crippen molar-refractivity contribution in [3.8, 4) is 0 Å². The SMILES string of the molecule is NC1(CNS(=O)(=O)Cc2ccc(F)c(Cl)c2)CCCCCC1. The summed E-state index contributed by atoms with van der Waals surface area (Å²) in [4.78, 5) is 0. The maximum absolute atomic E-state index is 13.1. The first-order chi connectivity index (χ1) is 10.3. The van der Waals surface area contributed by atoms with Crippen molar-refractivity contribution >= 4 is 21.6 Å². The standard InChI is InChI=1S/C15H22ClFN2O2S/c16-13-9-12(5-6-14(13)17)10-22(20,21)19-11-15(18)7-3-1-2-4-8-15/h5-6,9,19H,1-4,7-8,10-11,18H2. The van der Waals surface area contributed by atoms with Gasteiger partial charge in [0, 0.05) is 12.1 Å². The zero-order valence-corrected chi connectivity index (χ0v) is 14.0. The van der Waals surface area contributed by atoms with Crippen LogP contribution in [0.4, 0.5) is 4.39 Å². The molecule has 0 unspecified atom stereocenters. The molecule has 0 amide bonds. The third-order valence-electron chi connectivity index (χ3n) is 4.08. The number of hydrogen-bond acceptors (Lipinski definition) is 3. The van der Waals surface area contributed by atoms with Gasteiger partial charge in [0.15, 0.2) is 0 Å². The lowest BCUT2D eigenvalue weighted by molar-refractivity contribution is 0.369. The van der Waals surface area contributed by atoms with Gasteiger partial charge < -0.3 is 5.73 Å². The van der Waals surface area contributed by atoms with Gasteiger partial charge in [-0.1, -0.05) is 43.4 Å². The molecule has 0 bridgehead atoms. The van der Waals surface area contributed by atoms with E-state index in [2.05, 4.69) is 4.72 Å². The summed E-state index contributed by atoms with van der Waals surface area (Å²) in [6.07, 6.45) is 6.03. The number of sulfonamides is 1. The molecule has 1 aliphatic rings. The minimum absolute atomic E-state index is 0.0771. The van der Waals surface area contributed by atoms with Crippen molar-refractivity contribution in [1.82, 2.24) is 4.72 Å². The minimum Gasteiger partial charge on any atom is -0.324 e. The van der Waals surface area contributed by atoms with Crippen LogP contribution in [0.5, 0.6) is 0 Å². The Morgan fingerprint density at radius 2 is 1.86 bits per heavy atom. The second kappa shape index (κ2) is 7.25. The van der Waals surface area contributed by atoms with Gasteiger partial charge in [-0.05, 0) is 30.5 Å². The Morgan fingerprint density at radius 1 is 1.23 bits per heavy atom. The molecular formula is C15H22ClFN2O2S. The number of nitrogens with one attached hydrogen (secondary N) is 1. The molecule has 0 aliphatic heterocycles. The highest BCUT2D eigenvalue weighted by atomic mass is 35.5. The second-order valence-electron chi connectivity index (χ2n) is 6.11. The summed E-state index contributed by atoms with van der Waals surface area (Å²) in [5.74, 6) is -0.793. The van der Waals surface area contributed by atoms with Crippen molar-refractivity contribution in [2.75, 3.05) is 6.54 Å². The minimum atomic E-state index is -3.52. The Morgan fingerprint density at radius 3 is 2.45 bits per heavy atom. The van der Waals surface area contributed by atoms with E-state index in [1.54, 1.807) is 0 Å². The Hall–Kier alpha value is -0.690. The van der Waals surface area contributed by atoms with Crippen LogP contribution in [-0.4, -0.2) is 20.5 Å². The molecular weight excluding hydrogens is 327 g/mol. The first-order valence-electron chi connectivity index (χ1n) is 7.50. The Labute approximate surface area is 136 Å². The van der Waals surface area contributed by atoms with Crippen molar-refractivity contribution in [3.05, 3.63) is 34.6 Å². The normalized spacial score (nSPS) is 18.9. The van der Waals surface area contributed by atoms with E-state index in [0.717, 1.165) is 38.5 Å². The molecule has 1 aromatic carbocycles. The van der Waals surface area contributed by atoms with Crippen LogP contribution in [0.25, 0.3) is 0 Å². The first-order valence-corrected chi connectivity index (χ1v) is 9.53. The summed E-state index contributed by atoms with van der Waals surface area (Å²) in [5, 5.41) is -0.0771. The molecule has 0 radical (unpaired) electrons. The number of rotatable bonds is 5. The number of halogens is 2. The van der Waals surface area contributed by atoms with Gasteiger partial charge >= 0.3 is 0 Å². The van der Waals surface area contributed by atoms with E-state index < -0.39 is 21.4 Å². The van der Waals surface area contributed by atoms with Gasteiger partial charge in [0.2, 0.25) is 10.0 Å². The average molecular weight is 349 g/mol.